The van der Waals surface area contributed by atoms with Gasteiger partial charge in [0.05, 0.1) is 21.5 Å². The van der Waals surface area contributed by atoms with Crippen LogP contribution in [-0.2, 0) is 27.7 Å². The number of aromatic hydroxyl groups is 2. The van der Waals surface area contributed by atoms with Gasteiger partial charge >= 0.3 is 0 Å². The van der Waals surface area contributed by atoms with E-state index >= 15 is 0 Å². The standard InChI is InChI=1S/C29H36ClFN2O7S/c1-5-11-29(4,33-12-7-8-21(33)26(36)28(3,38)6-2)41(39,40)23-14-22(34)25(35)24-18(23)16-32(27(24)37)15-17-9-10-20(31)19(30)13-17/h9-10,13-14,21,34-35,38H,5-8,11-12,15-16H2,1-4H3/t21-,28?,29?/m0/s1. The summed E-state index contributed by atoms with van der Waals surface area (Å²) in [4.78, 5) is 27.7. The number of phenolic OH excluding ortho intramolecular Hbond substituents is 2. The largest absolute Gasteiger partial charge is 0.504 e. The fraction of sp³-hybridized carbons (Fsp3) is 0.517. The summed E-state index contributed by atoms with van der Waals surface area (Å²) in [6.45, 7) is 6.52. The Labute approximate surface area is 244 Å². The summed E-state index contributed by atoms with van der Waals surface area (Å²) < 4.78 is 42.9. The molecule has 0 aliphatic carbocycles. The van der Waals surface area contributed by atoms with E-state index in [2.05, 4.69) is 0 Å². The van der Waals surface area contributed by atoms with Crippen LogP contribution in [0.15, 0.2) is 29.2 Å². The zero-order valence-electron chi connectivity index (χ0n) is 23.6. The Bertz CT molecular complexity index is 1500. The van der Waals surface area contributed by atoms with Crippen molar-refractivity contribution in [3.8, 4) is 11.5 Å². The molecule has 0 bridgehead atoms. The molecular weight excluding hydrogens is 575 g/mol. The van der Waals surface area contributed by atoms with Crippen LogP contribution in [0.3, 0.4) is 0 Å². The summed E-state index contributed by atoms with van der Waals surface area (Å²) >= 11 is 5.89. The predicted molar refractivity (Wildman–Crippen MR) is 151 cm³/mol. The van der Waals surface area contributed by atoms with E-state index in [0.29, 0.717) is 31.4 Å². The number of rotatable bonds is 10. The van der Waals surface area contributed by atoms with Gasteiger partial charge in [-0.25, -0.2) is 12.8 Å². The van der Waals surface area contributed by atoms with E-state index in [1.165, 1.54) is 30.9 Å². The number of aliphatic hydroxyl groups is 1. The zero-order valence-corrected chi connectivity index (χ0v) is 25.1. The maximum Gasteiger partial charge on any atom is 0.258 e. The van der Waals surface area contributed by atoms with E-state index in [0.717, 1.165) is 12.1 Å². The van der Waals surface area contributed by atoms with E-state index in [9.17, 15) is 37.7 Å². The Kier molecular flexibility index (Phi) is 8.50. The molecule has 2 aromatic rings. The van der Waals surface area contributed by atoms with Crippen LogP contribution in [0.25, 0.3) is 0 Å². The quantitative estimate of drug-likeness (QED) is 0.334. The minimum absolute atomic E-state index is 0.0310. The molecular formula is C29H36ClFN2O7S. The van der Waals surface area contributed by atoms with Crippen molar-refractivity contribution in [1.82, 2.24) is 9.80 Å². The third kappa shape index (κ3) is 5.22. The van der Waals surface area contributed by atoms with Crippen molar-refractivity contribution in [2.45, 2.75) is 94.3 Å². The minimum Gasteiger partial charge on any atom is -0.504 e. The number of carbonyl (C=O) groups excluding carboxylic acids is 2. The molecule has 41 heavy (non-hydrogen) atoms. The Morgan fingerprint density at radius 1 is 1.20 bits per heavy atom. The van der Waals surface area contributed by atoms with E-state index in [1.807, 2.05) is 6.92 Å². The number of hydrogen-bond donors (Lipinski definition) is 3. The Morgan fingerprint density at radius 2 is 1.88 bits per heavy atom. The number of fused-ring (bicyclic) bond motifs is 1. The second-order valence-corrected chi connectivity index (χ2v) is 14.0. The Morgan fingerprint density at radius 3 is 2.49 bits per heavy atom. The molecule has 9 nitrogen and oxygen atoms in total. The van der Waals surface area contributed by atoms with Gasteiger partial charge in [-0.3, -0.25) is 14.5 Å². The van der Waals surface area contributed by atoms with Crippen molar-refractivity contribution < 1.29 is 37.7 Å². The monoisotopic (exact) mass is 610 g/mol. The van der Waals surface area contributed by atoms with Crippen LogP contribution in [0.1, 0.15) is 81.3 Å². The maximum absolute atomic E-state index is 14.6. The topological polar surface area (TPSA) is 135 Å². The third-order valence-corrected chi connectivity index (χ3v) is 11.3. The third-order valence-electron chi connectivity index (χ3n) is 8.52. The summed E-state index contributed by atoms with van der Waals surface area (Å²) in [6.07, 6.45) is 1.69. The molecule has 1 fully saturated rings. The van der Waals surface area contributed by atoms with Crippen molar-refractivity contribution in [1.29, 1.82) is 0 Å². The van der Waals surface area contributed by atoms with Gasteiger partial charge in [0, 0.05) is 31.3 Å². The van der Waals surface area contributed by atoms with Crippen molar-refractivity contribution >= 4 is 33.1 Å². The van der Waals surface area contributed by atoms with Gasteiger partial charge in [-0.1, -0.05) is 37.9 Å². The molecule has 2 aromatic carbocycles. The predicted octanol–water partition coefficient (Wildman–Crippen LogP) is 4.53. The SMILES string of the molecule is CCCC(C)(N1CCC[C@H]1C(=O)C(C)(O)CC)S(=O)(=O)c1cc(O)c(O)c2c1CN(Cc1ccc(F)c(Cl)c1)C2=O. The van der Waals surface area contributed by atoms with Crippen molar-refractivity contribution in [2.24, 2.45) is 0 Å². The highest BCUT2D eigenvalue weighted by molar-refractivity contribution is 7.92. The van der Waals surface area contributed by atoms with Gasteiger partial charge in [-0.2, -0.15) is 0 Å². The van der Waals surface area contributed by atoms with Crippen molar-refractivity contribution in [2.75, 3.05) is 6.54 Å². The van der Waals surface area contributed by atoms with Gasteiger partial charge in [-0.05, 0) is 57.2 Å². The van der Waals surface area contributed by atoms with Gasteiger partial charge in [0.2, 0.25) is 0 Å². The molecule has 1 amide bonds. The number of hydrogen-bond acceptors (Lipinski definition) is 8. The number of sulfone groups is 1. The number of halogens is 2. The van der Waals surface area contributed by atoms with Crippen molar-refractivity contribution in [3.05, 3.63) is 51.8 Å². The van der Waals surface area contributed by atoms with Gasteiger partial charge in [0.15, 0.2) is 27.1 Å². The second kappa shape index (κ2) is 11.2. The van der Waals surface area contributed by atoms with Gasteiger partial charge in [0.25, 0.3) is 5.91 Å². The lowest BCUT2D eigenvalue weighted by Crippen LogP contribution is -2.59. The number of carbonyl (C=O) groups is 2. The molecule has 4 rings (SSSR count). The fourth-order valence-electron chi connectivity index (χ4n) is 5.98. The average molecular weight is 611 g/mol. The highest BCUT2D eigenvalue weighted by Crippen LogP contribution is 2.46. The average Bonchev–Trinajstić information content (AvgIpc) is 3.53. The van der Waals surface area contributed by atoms with Crippen LogP contribution in [-0.4, -0.2) is 68.3 Å². The number of nitrogens with zero attached hydrogens (tertiary/aromatic N) is 2. The lowest BCUT2D eigenvalue weighted by atomic mass is 9.90. The number of benzene rings is 2. The maximum atomic E-state index is 14.6. The first kappa shape index (κ1) is 31.2. The molecule has 12 heteroatoms. The van der Waals surface area contributed by atoms with E-state index in [-0.39, 0.29) is 47.0 Å². The number of Topliss-reactive ketones (excluding diaryl/α,β-unsaturated/α-hetero) is 1. The van der Waals surface area contributed by atoms with E-state index in [1.54, 1.807) is 11.8 Å². The van der Waals surface area contributed by atoms with Crippen LogP contribution in [0.5, 0.6) is 11.5 Å². The molecule has 2 unspecified atom stereocenters. The number of ketones is 1. The van der Waals surface area contributed by atoms with Crippen LogP contribution in [0.2, 0.25) is 5.02 Å². The summed E-state index contributed by atoms with van der Waals surface area (Å²) in [7, 11) is -4.39. The van der Waals surface area contributed by atoms with Gasteiger partial charge in [0.1, 0.15) is 16.3 Å². The normalized spacial score (nSPS) is 20.6. The van der Waals surface area contributed by atoms with Crippen molar-refractivity contribution in [3.63, 3.8) is 0 Å². The lowest BCUT2D eigenvalue weighted by molar-refractivity contribution is -0.141. The van der Waals surface area contributed by atoms with Crippen LogP contribution >= 0.6 is 11.6 Å². The Balaban J connectivity index is 1.80. The fourth-order valence-corrected chi connectivity index (χ4v) is 8.41. The molecule has 0 radical (unpaired) electrons. The minimum atomic E-state index is -4.39. The number of likely N-dealkylation sites (tertiary alicyclic amines) is 1. The number of amides is 1. The molecule has 2 heterocycles. The Hall–Kier alpha value is -2.73. The van der Waals surface area contributed by atoms with E-state index in [4.69, 9.17) is 11.6 Å². The molecule has 2 aliphatic rings. The molecule has 0 aromatic heterocycles. The molecule has 1 saturated heterocycles. The summed E-state index contributed by atoms with van der Waals surface area (Å²) in [5, 5.41) is 31.8. The molecule has 2 aliphatic heterocycles. The molecule has 3 atom stereocenters. The lowest BCUT2D eigenvalue weighted by Gasteiger charge is -2.42. The van der Waals surface area contributed by atoms with Crippen LogP contribution in [0.4, 0.5) is 4.39 Å². The zero-order chi connectivity index (χ0) is 30.5. The second-order valence-electron chi connectivity index (χ2n) is 11.3. The summed E-state index contributed by atoms with van der Waals surface area (Å²) in [6, 6.07) is 4.08. The first-order chi connectivity index (χ1) is 19.1. The molecule has 0 spiro atoms. The first-order valence-electron chi connectivity index (χ1n) is 13.7. The first-order valence-corrected chi connectivity index (χ1v) is 15.6. The highest BCUT2D eigenvalue weighted by Gasteiger charge is 2.53. The molecule has 0 saturated carbocycles. The summed E-state index contributed by atoms with van der Waals surface area (Å²) in [5.41, 5.74) is -1.43. The molecule has 224 valence electrons. The van der Waals surface area contributed by atoms with Crippen LogP contribution < -0.4 is 0 Å². The van der Waals surface area contributed by atoms with Gasteiger partial charge < -0.3 is 20.2 Å². The molecule has 3 N–H and O–H groups in total. The number of phenols is 2. The van der Waals surface area contributed by atoms with E-state index < -0.39 is 55.4 Å². The summed E-state index contributed by atoms with van der Waals surface area (Å²) in [5.74, 6) is -3.27. The van der Waals surface area contributed by atoms with Gasteiger partial charge in [-0.15, -0.1) is 0 Å². The highest BCUT2D eigenvalue weighted by atomic mass is 35.5. The smallest absolute Gasteiger partial charge is 0.258 e. The van der Waals surface area contributed by atoms with Crippen LogP contribution in [0, 0.1) is 5.82 Å².